The van der Waals surface area contributed by atoms with Crippen molar-refractivity contribution in [3.8, 4) is 0 Å². The summed E-state index contributed by atoms with van der Waals surface area (Å²) in [4.78, 5) is 12.8. The molecule has 24 heavy (non-hydrogen) atoms. The summed E-state index contributed by atoms with van der Waals surface area (Å²) < 4.78 is 2.00. The summed E-state index contributed by atoms with van der Waals surface area (Å²) in [5.74, 6) is 1.19. The Morgan fingerprint density at radius 3 is 2.62 bits per heavy atom. The highest BCUT2D eigenvalue weighted by molar-refractivity contribution is 5.87. The van der Waals surface area contributed by atoms with Gasteiger partial charge in [-0.1, -0.05) is 0 Å². The molecule has 0 spiro atoms. The number of nitrogens with zero attached hydrogens (tertiary/aromatic N) is 5. The number of hydrogen-bond donors (Lipinski definition) is 2. The minimum absolute atomic E-state index is 0.0498. The molecule has 0 aliphatic rings. The molecule has 0 saturated heterocycles. The predicted molar refractivity (Wildman–Crippen MR) is 95.7 cm³/mol. The number of aryl methyl sites for hydroxylation is 1. The first-order valence-corrected chi connectivity index (χ1v) is 7.96. The zero-order valence-corrected chi connectivity index (χ0v) is 14.7. The van der Waals surface area contributed by atoms with Gasteiger partial charge in [-0.05, 0) is 46.8 Å². The Bertz CT molecular complexity index is 876. The van der Waals surface area contributed by atoms with Crippen molar-refractivity contribution in [2.24, 2.45) is 0 Å². The maximum atomic E-state index is 5.73. The van der Waals surface area contributed by atoms with Gasteiger partial charge in [-0.25, -0.2) is 15.0 Å². The van der Waals surface area contributed by atoms with E-state index >= 15 is 0 Å². The molecule has 3 heterocycles. The van der Waals surface area contributed by atoms with Crippen LogP contribution in [0.25, 0.3) is 11.0 Å². The molecule has 3 rings (SSSR count). The number of hydrogen-bond acceptors (Lipinski definition) is 6. The van der Waals surface area contributed by atoms with Gasteiger partial charge in [-0.15, -0.1) is 0 Å². The summed E-state index contributed by atoms with van der Waals surface area (Å²) in [6, 6.07) is 3.69. The van der Waals surface area contributed by atoms with Gasteiger partial charge < -0.3 is 11.1 Å². The van der Waals surface area contributed by atoms with Gasteiger partial charge >= 0.3 is 0 Å². The highest BCUT2D eigenvalue weighted by Gasteiger charge is 2.20. The van der Waals surface area contributed by atoms with Gasteiger partial charge in [0.2, 0.25) is 0 Å². The van der Waals surface area contributed by atoms with Crippen LogP contribution in [-0.2, 0) is 5.54 Å². The summed E-state index contributed by atoms with van der Waals surface area (Å²) in [7, 11) is 0. The van der Waals surface area contributed by atoms with E-state index in [4.69, 9.17) is 5.73 Å². The highest BCUT2D eigenvalue weighted by Crippen LogP contribution is 2.26. The summed E-state index contributed by atoms with van der Waals surface area (Å²) in [5, 5.41) is 8.92. The van der Waals surface area contributed by atoms with Gasteiger partial charge in [0.25, 0.3) is 0 Å². The second-order valence-corrected chi connectivity index (χ2v) is 6.98. The maximum Gasteiger partial charge on any atom is 0.166 e. The summed E-state index contributed by atoms with van der Waals surface area (Å²) >= 11 is 0. The Balaban J connectivity index is 1.93. The molecule has 0 bridgehead atoms. The van der Waals surface area contributed by atoms with E-state index in [9.17, 15) is 0 Å². The molecule has 3 N–H and O–H groups in total. The molecular formula is C17H23N7. The van der Waals surface area contributed by atoms with E-state index in [1.807, 2.05) is 17.7 Å². The number of nitrogens with two attached hydrogens (primary N) is 1. The van der Waals surface area contributed by atoms with Crippen LogP contribution in [0, 0.1) is 6.92 Å². The fourth-order valence-corrected chi connectivity index (χ4v) is 2.60. The standard InChI is InChI=1S/C17H23N7/c1-10(13-8-24(17(3,4)5)23-11(13)2)21-15-12-6-7-14(18)22-16(12)20-9-19-15/h6-10H,1-5H3,(H3,18,19,20,21,22). The van der Waals surface area contributed by atoms with Crippen molar-refractivity contribution in [2.75, 3.05) is 11.1 Å². The Morgan fingerprint density at radius 1 is 1.21 bits per heavy atom. The molecule has 0 aromatic carbocycles. The Kier molecular flexibility index (Phi) is 3.87. The largest absolute Gasteiger partial charge is 0.384 e. The summed E-state index contributed by atoms with van der Waals surface area (Å²) in [5.41, 5.74) is 8.41. The lowest BCUT2D eigenvalue weighted by Crippen LogP contribution is -2.22. The Morgan fingerprint density at radius 2 is 1.96 bits per heavy atom. The van der Waals surface area contributed by atoms with Crippen molar-refractivity contribution in [1.29, 1.82) is 0 Å². The van der Waals surface area contributed by atoms with Gasteiger partial charge in [0.1, 0.15) is 18.0 Å². The van der Waals surface area contributed by atoms with E-state index in [2.05, 4.69) is 59.3 Å². The van der Waals surface area contributed by atoms with Crippen LogP contribution >= 0.6 is 0 Å². The highest BCUT2D eigenvalue weighted by atomic mass is 15.3. The van der Waals surface area contributed by atoms with Crippen molar-refractivity contribution >= 4 is 22.7 Å². The van der Waals surface area contributed by atoms with E-state index in [1.165, 1.54) is 6.33 Å². The third kappa shape index (κ3) is 3.02. The molecule has 126 valence electrons. The fraction of sp³-hybridized carbons (Fsp3) is 0.412. The molecule has 0 radical (unpaired) electrons. The monoisotopic (exact) mass is 325 g/mol. The number of nitrogen functional groups attached to an aromatic ring is 1. The van der Waals surface area contributed by atoms with Crippen molar-refractivity contribution in [2.45, 2.75) is 46.2 Å². The normalized spacial score (nSPS) is 13.2. The second kappa shape index (κ2) is 5.74. The SMILES string of the molecule is Cc1nn(C(C)(C)C)cc1C(C)Nc1ncnc2nc(N)ccc12. The predicted octanol–water partition coefficient (Wildman–Crippen LogP) is 3.04. The Hall–Kier alpha value is -2.70. The molecular weight excluding hydrogens is 302 g/mol. The third-order valence-electron chi connectivity index (χ3n) is 3.96. The van der Waals surface area contributed by atoms with Gasteiger partial charge in [0.15, 0.2) is 5.65 Å². The van der Waals surface area contributed by atoms with E-state index in [1.54, 1.807) is 6.07 Å². The molecule has 7 heteroatoms. The van der Waals surface area contributed by atoms with Crippen LogP contribution in [-0.4, -0.2) is 24.7 Å². The van der Waals surface area contributed by atoms with Gasteiger partial charge in [0, 0.05) is 11.8 Å². The first kappa shape index (κ1) is 16.2. The number of pyridine rings is 1. The number of aromatic nitrogens is 5. The molecule has 1 atom stereocenters. The molecule has 0 aliphatic carbocycles. The lowest BCUT2D eigenvalue weighted by molar-refractivity contribution is 0.354. The van der Waals surface area contributed by atoms with Gasteiger partial charge in [-0.2, -0.15) is 5.10 Å². The molecule has 7 nitrogen and oxygen atoms in total. The zero-order chi connectivity index (χ0) is 17.5. The average molecular weight is 325 g/mol. The molecule has 3 aromatic rings. The zero-order valence-electron chi connectivity index (χ0n) is 14.7. The van der Waals surface area contributed by atoms with Crippen LogP contribution in [0.15, 0.2) is 24.7 Å². The smallest absolute Gasteiger partial charge is 0.166 e. The molecule has 3 aromatic heterocycles. The quantitative estimate of drug-likeness (QED) is 0.768. The van der Waals surface area contributed by atoms with Crippen LogP contribution in [0.1, 0.15) is 45.0 Å². The van der Waals surface area contributed by atoms with Crippen molar-refractivity contribution in [1.82, 2.24) is 24.7 Å². The van der Waals surface area contributed by atoms with Crippen molar-refractivity contribution in [3.05, 3.63) is 35.9 Å². The number of anilines is 2. The molecule has 0 aliphatic heterocycles. The first-order chi connectivity index (χ1) is 11.3. The van der Waals surface area contributed by atoms with Crippen LogP contribution < -0.4 is 11.1 Å². The van der Waals surface area contributed by atoms with Crippen LogP contribution in [0.4, 0.5) is 11.6 Å². The van der Waals surface area contributed by atoms with Crippen LogP contribution in [0.2, 0.25) is 0 Å². The summed E-state index contributed by atoms with van der Waals surface area (Å²) in [6.07, 6.45) is 3.59. The summed E-state index contributed by atoms with van der Waals surface area (Å²) in [6.45, 7) is 10.5. The lowest BCUT2D eigenvalue weighted by atomic mass is 10.1. The minimum Gasteiger partial charge on any atom is -0.384 e. The number of rotatable bonds is 3. The van der Waals surface area contributed by atoms with E-state index in [0.29, 0.717) is 11.5 Å². The lowest BCUT2D eigenvalue weighted by Gasteiger charge is -2.19. The van der Waals surface area contributed by atoms with Crippen LogP contribution in [0.3, 0.4) is 0 Å². The molecule has 0 saturated carbocycles. The van der Waals surface area contributed by atoms with E-state index in [0.717, 1.165) is 22.5 Å². The fourth-order valence-electron chi connectivity index (χ4n) is 2.60. The third-order valence-corrected chi connectivity index (χ3v) is 3.96. The first-order valence-electron chi connectivity index (χ1n) is 7.96. The van der Waals surface area contributed by atoms with Gasteiger partial charge in [-0.3, -0.25) is 4.68 Å². The average Bonchev–Trinajstić information content (AvgIpc) is 2.89. The van der Waals surface area contributed by atoms with E-state index < -0.39 is 0 Å². The van der Waals surface area contributed by atoms with Crippen molar-refractivity contribution in [3.63, 3.8) is 0 Å². The number of fused-ring (bicyclic) bond motifs is 1. The molecule has 1 unspecified atom stereocenters. The Labute approximate surface area is 141 Å². The molecule has 0 fully saturated rings. The minimum atomic E-state index is -0.0498. The second-order valence-electron chi connectivity index (χ2n) is 6.98. The van der Waals surface area contributed by atoms with E-state index in [-0.39, 0.29) is 11.6 Å². The topological polar surface area (TPSA) is 94.5 Å². The van der Waals surface area contributed by atoms with Gasteiger partial charge in [0.05, 0.1) is 22.7 Å². The van der Waals surface area contributed by atoms with Crippen molar-refractivity contribution < 1.29 is 0 Å². The number of nitrogens with one attached hydrogen (secondary N) is 1. The maximum absolute atomic E-state index is 5.73. The molecule has 0 amide bonds. The van der Waals surface area contributed by atoms with Crippen LogP contribution in [0.5, 0.6) is 0 Å².